The third-order valence-corrected chi connectivity index (χ3v) is 7.04. The van der Waals surface area contributed by atoms with Gasteiger partial charge in [-0.3, -0.25) is 14.5 Å². The lowest BCUT2D eigenvalue weighted by molar-refractivity contribution is -0.132. The van der Waals surface area contributed by atoms with Gasteiger partial charge in [0, 0.05) is 30.0 Å². The van der Waals surface area contributed by atoms with Crippen molar-refractivity contribution in [3.63, 3.8) is 0 Å². The monoisotopic (exact) mass is 512 g/mol. The molecule has 0 bridgehead atoms. The maximum atomic E-state index is 13.5. The molecule has 1 saturated heterocycles. The van der Waals surface area contributed by atoms with Crippen LogP contribution in [-0.2, 0) is 9.59 Å². The van der Waals surface area contributed by atoms with E-state index in [9.17, 15) is 14.7 Å². The van der Waals surface area contributed by atoms with Gasteiger partial charge in [0.1, 0.15) is 11.5 Å². The lowest BCUT2D eigenvalue weighted by Gasteiger charge is -2.27. The van der Waals surface area contributed by atoms with Crippen LogP contribution in [0.5, 0.6) is 5.75 Å². The maximum Gasteiger partial charge on any atom is 0.300 e. The number of ether oxygens (including phenoxy) is 1. The third-order valence-electron chi connectivity index (χ3n) is 7.04. The van der Waals surface area contributed by atoms with Crippen LogP contribution in [0.25, 0.3) is 5.76 Å². The van der Waals surface area contributed by atoms with Gasteiger partial charge in [0.25, 0.3) is 11.7 Å². The molecule has 1 heterocycles. The van der Waals surface area contributed by atoms with Gasteiger partial charge >= 0.3 is 0 Å². The number of carbonyl (C=O) groups excluding carboxylic acids is 2. The summed E-state index contributed by atoms with van der Waals surface area (Å²) in [6.45, 7) is 12.5. The maximum absolute atomic E-state index is 13.5. The van der Waals surface area contributed by atoms with Crippen LogP contribution in [-0.4, -0.2) is 36.5 Å². The molecule has 6 heteroatoms. The fraction of sp³-hybridized carbons (Fsp3) is 0.312. The Morgan fingerprint density at radius 3 is 2.18 bits per heavy atom. The van der Waals surface area contributed by atoms with Crippen molar-refractivity contribution in [2.24, 2.45) is 0 Å². The second kappa shape index (κ2) is 11.5. The van der Waals surface area contributed by atoms with E-state index in [2.05, 4.69) is 32.6 Å². The molecule has 0 aromatic heterocycles. The first-order valence-corrected chi connectivity index (χ1v) is 13.3. The van der Waals surface area contributed by atoms with Crippen LogP contribution in [0, 0.1) is 0 Å². The summed E-state index contributed by atoms with van der Waals surface area (Å²) in [4.78, 5) is 30.7. The van der Waals surface area contributed by atoms with Crippen LogP contribution in [0.2, 0.25) is 0 Å². The fourth-order valence-electron chi connectivity index (χ4n) is 4.95. The Morgan fingerprint density at radius 1 is 0.947 bits per heavy atom. The minimum atomic E-state index is -0.776. The summed E-state index contributed by atoms with van der Waals surface area (Å²) in [6.07, 6.45) is 0. The Hall–Kier alpha value is -4.06. The Labute approximate surface area is 225 Å². The molecule has 0 radical (unpaired) electrons. The Kier molecular flexibility index (Phi) is 8.20. The molecule has 1 N–H and O–H groups in total. The van der Waals surface area contributed by atoms with E-state index < -0.39 is 17.7 Å². The number of benzene rings is 3. The number of Topliss-reactive ketones (excluding diaryl/α,β-unsaturated/α-hetero) is 1. The first kappa shape index (κ1) is 27.0. The van der Waals surface area contributed by atoms with Crippen LogP contribution in [0.4, 0.5) is 11.4 Å². The van der Waals surface area contributed by atoms with Gasteiger partial charge in [-0.2, -0.15) is 0 Å². The Balaban J connectivity index is 1.87. The summed E-state index contributed by atoms with van der Waals surface area (Å²) in [6, 6.07) is 21.7. The van der Waals surface area contributed by atoms with Gasteiger partial charge in [-0.25, -0.2) is 0 Å². The number of rotatable bonds is 9. The van der Waals surface area contributed by atoms with Gasteiger partial charge in [0.05, 0.1) is 18.2 Å². The van der Waals surface area contributed by atoms with Crippen molar-refractivity contribution < 1.29 is 19.4 Å². The van der Waals surface area contributed by atoms with Gasteiger partial charge in [0.2, 0.25) is 0 Å². The molecule has 0 spiro atoms. The third kappa shape index (κ3) is 5.17. The minimum Gasteiger partial charge on any atom is -0.507 e. The van der Waals surface area contributed by atoms with Crippen LogP contribution in [0.15, 0.2) is 78.4 Å². The summed E-state index contributed by atoms with van der Waals surface area (Å²) in [7, 11) is 0. The highest BCUT2D eigenvalue weighted by atomic mass is 16.5. The van der Waals surface area contributed by atoms with E-state index in [0.29, 0.717) is 29.5 Å². The number of amides is 1. The highest BCUT2D eigenvalue weighted by Crippen LogP contribution is 2.43. The molecule has 0 aliphatic carbocycles. The molecule has 38 heavy (non-hydrogen) atoms. The van der Waals surface area contributed by atoms with Crippen molar-refractivity contribution in [3.8, 4) is 5.75 Å². The molecule has 0 saturated carbocycles. The summed E-state index contributed by atoms with van der Waals surface area (Å²) in [5.74, 6) is -0.683. The van der Waals surface area contributed by atoms with E-state index in [1.807, 2.05) is 55.5 Å². The molecule has 198 valence electrons. The molecule has 1 fully saturated rings. The van der Waals surface area contributed by atoms with E-state index in [1.165, 1.54) is 4.90 Å². The first-order chi connectivity index (χ1) is 18.3. The quantitative estimate of drug-likeness (QED) is 0.197. The van der Waals surface area contributed by atoms with E-state index in [-0.39, 0.29) is 11.3 Å². The van der Waals surface area contributed by atoms with E-state index in [0.717, 1.165) is 29.9 Å². The lowest BCUT2D eigenvalue weighted by Crippen LogP contribution is -2.29. The van der Waals surface area contributed by atoms with E-state index >= 15 is 0 Å². The number of anilines is 2. The molecule has 1 amide bonds. The average Bonchev–Trinajstić information content (AvgIpc) is 3.19. The number of aliphatic hydroxyl groups excluding tert-OH is 1. The molecule has 1 aliphatic heterocycles. The summed E-state index contributed by atoms with van der Waals surface area (Å²) >= 11 is 0. The highest BCUT2D eigenvalue weighted by molar-refractivity contribution is 6.51. The van der Waals surface area contributed by atoms with Crippen molar-refractivity contribution in [2.45, 2.75) is 46.6 Å². The zero-order chi connectivity index (χ0) is 27.4. The second-order valence-electron chi connectivity index (χ2n) is 9.64. The number of ketones is 1. The van der Waals surface area contributed by atoms with Crippen molar-refractivity contribution in [2.75, 3.05) is 29.5 Å². The SMILES string of the molecule is CCOc1cccc(/C(O)=C2/C(=O)C(=O)N(c3ccc(C(C)C)cc3)C2c2ccc(N(CC)CC)cc2)c1. The number of aliphatic hydroxyl groups is 1. The number of nitrogens with zero attached hydrogens (tertiary/aromatic N) is 2. The standard InChI is InChI=1S/C32H36N2O4/c1-6-33(7-2)25-16-14-23(15-17-25)29-28(30(35)24-10-9-11-27(20-24)38-8-3)31(36)32(37)34(29)26-18-12-22(13-19-26)21(4)5/h9-21,29,35H,6-8H2,1-5H3/b30-28-. The normalized spacial score (nSPS) is 16.8. The summed E-state index contributed by atoms with van der Waals surface area (Å²) < 4.78 is 5.60. The van der Waals surface area contributed by atoms with Crippen LogP contribution in [0.1, 0.15) is 63.3 Å². The van der Waals surface area contributed by atoms with Crippen molar-refractivity contribution in [1.29, 1.82) is 0 Å². The number of carbonyl (C=O) groups is 2. The van der Waals surface area contributed by atoms with Gasteiger partial charge in [-0.15, -0.1) is 0 Å². The fourth-order valence-corrected chi connectivity index (χ4v) is 4.95. The van der Waals surface area contributed by atoms with Gasteiger partial charge in [-0.1, -0.05) is 50.2 Å². The van der Waals surface area contributed by atoms with Crippen molar-refractivity contribution in [3.05, 3.63) is 95.1 Å². The summed E-state index contributed by atoms with van der Waals surface area (Å²) in [5.41, 5.74) is 4.03. The molecule has 3 aromatic rings. The predicted octanol–water partition coefficient (Wildman–Crippen LogP) is 6.68. The van der Waals surface area contributed by atoms with Crippen LogP contribution in [0.3, 0.4) is 0 Å². The molecule has 1 atom stereocenters. The first-order valence-electron chi connectivity index (χ1n) is 13.3. The molecule has 3 aromatic carbocycles. The summed E-state index contributed by atoms with van der Waals surface area (Å²) in [5, 5.41) is 11.4. The zero-order valence-corrected chi connectivity index (χ0v) is 22.8. The molecule has 1 unspecified atom stereocenters. The van der Waals surface area contributed by atoms with E-state index in [4.69, 9.17) is 4.74 Å². The van der Waals surface area contributed by atoms with E-state index in [1.54, 1.807) is 24.3 Å². The van der Waals surface area contributed by atoms with Crippen molar-refractivity contribution in [1.82, 2.24) is 0 Å². The largest absolute Gasteiger partial charge is 0.507 e. The lowest BCUT2D eigenvalue weighted by atomic mass is 9.94. The minimum absolute atomic E-state index is 0.0622. The van der Waals surface area contributed by atoms with Gasteiger partial charge in [-0.05, 0) is 74.2 Å². The number of hydrogen-bond donors (Lipinski definition) is 1. The van der Waals surface area contributed by atoms with Crippen molar-refractivity contribution >= 4 is 28.8 Å². The molecule has 6 nitrogen and oxygen atoms in total. The predicted molar refractivity (Wildman–Crippen MR) is 153 cm³/mol. The Bertz CT molecular complexity index is 1320. The van der Waals surface area contributed by atoms with Gasteiger partial charge in [0.15, 0.2) is 0 Å². The van der Waals surface area contributed by atoms with Gasteiger partial charge < -0.3 is 14.7 Å². The van der Waals surface area contributed by atoms with Crippen LogP contribution >= 0.6 is 0 Å². The molecular formula is C32H36N2O4. The average molecular weight is 513 g/mol. The Morgan fingerprint density at radius 2 is 1.61 bits per heavy atom. The smallest absolute Gasteiger partial charge is 0.300 e. The zero-order valence-electron chi connectivity index (χ0n) is 22.8. The molecule has 1 aliphatic rings. The molecular weight excluding hydrogens is 476 g/mol. The van der Waals surface area contributed by atoms with Crippen LogP contribution < -0.4 is 14.5 Å². The second-order valence-corrected chi connectivity index (χ2v) is 9.64. The number of hydrogen-bond acceptors (Lipinski definition) is 5. The topological polar surface area (TPSA) is 70.1 Å². The highest BCUT2D eigenvalue weighted by Gasteiger charge is 2.47. The molecule has 4 rings (SSSR count).